The molecule has 25 heteroatoms. The smallest absolute Gasteiger partial charge is 0.748 e. The van der Waals surface area contributed by atoms with E-state index >= 15 is 0 Å². The van der Waals surface area contributed by atoms with Crippen LogP contribution in [0.2, 0.25) is 0 Å². The zero-order chi connectivity index (χ0) is 62.9. The Kier molecular flexibility index (Phi) is 21.7. The van der Waals surface area contributed by atoms with Gasteiger partial charge in [-0.25, -0.2) is 18.0 Å². The second kappa shape index (κ2) is 29.4. The van der Waals surface area contributed by atoms with Crippen LogP contribution in [-0.4, -0.2) is 152 Å². The SMILES string of the molecule is COc1ccc(C2(OCCCS(=O)(=O)[O-])OC(=O)C(c3ccc4c(c3)OCO4)=C2Cc2cc(OC)c(OC)c(OC)c2)cc1.COc1ccc(C2(OCCN3CCOCC3)OC(=O)C(c3ccc4c(c3)OCO4)=C2Cc2cc(OC)c(OC)c(OC)c2)cc1.[Na+]. The molecule has 90 heavy (non-hydrogen) atoms. The number of rotatable bonds is 25. The molecule has 0 amide bonds. The maximum absolute atomic E-state index is 14.0. The van der Waals surface area contributed by atoms with Crippen LogP contribution < -0.4 is 86.4 Å². The summed E-state index contributed by atoms with van der Waals surface area (Å²) in [6.07, 6.45) is 0.228. The summed E-state index contributed by atoms with van der Waals surface area (Å²) >= 11 is 0. The normalized spacial score (nSPS) is 18.2. The first-order chi connectivity index (χ1) is 43.1. The maximum atomic E-state index is 14.0. The summed E-state index contributed by atoms with van der Waals surface area (Å²) in [5.41, 5.74) is 5.28. The van der Waals surface area contributed by atoms with Gasteiger partial charge in [-0.15, -0.1) is 0 Å². The Balaban J connectivity index is 0.000000211. The van der Waals surface area contributed by atoms with E-state index in [-0.39, 0.29) is 74.6 Å². The third-order valence-corrected chi connectivity index (χ3v) is 16.2. The molecule has 1 fully saturated rings. The molecule has 0 saturated carbocycles. The maximum Gasteiger partial charge on any atom is 1.00 e. The fourth-order valence-corrected chi connectivity index (χ4v) is 11.6. The van der Waals surface area contributed by atoms with Gasteiger partial charge in [0.25, 0.3) is 11.6 Å². The number of methoxy groups -OCH3 is 8. The summed E-state index contributed by atoms with van der Waals surface area (Å²) in [7, 11) is 7.80. The number of ether oxygens (including phenoxy) is 17. The van der Waals surface area contributed by atoms with Gasteiger partial charge < -0.3 is 85.1 Å². The Bertz CT molecular complexity index is 3690. The fourth-order valence-electron chi connectivity index (χ4n) is 11.1. The molecule has 5 aliphatic rings. The summed E-state index contributed by atoms with van der Waals surface area (Å²) in [6.45, 7) is 3.81. The van der Waals surface area contributed by atoms with Crippen molar-refractivity contribution in [3.8, 4) is 69.0 Å². The van der Waals surface area contributed by atoms with Gasteiger partial charge in [-0.1, -0.05) is 12.1 Å². The van der Waals surface area contributed by atoms with E-state index in [2.05, 4.69) is 4.90 Å². The second-order valence-corrected chi connectivity index (χ2v) is 22.0. The van der Waals surface area contributed by atoms with Crippen molar-refractivity contribution in [3.63, 3.8) is 0 Å². The summed E-state index contributed by atoms with van der Waals surface area (Å²) < 4.78 is 131. The van der Waals surface area contributed by atoms with Gasteiger partial charge in [-0.3, -0.25) is 4.90 Å². The van der Waals surface area contributed by atoms with Crippen molar-refractivity contribution >= 4 is 33.2 Å². The molecule has 0 aliphatic carbocycles. The molecule has 0 N–H and O–H groups in total. The first-order valence-electron chi connectivity index (χ1n) is 28.2. The molecule has 0 radical (unpaired) electrons. The zero-order valence-corrected chi connectivity index (χ0v) is 54.2. The molecular weight excluding hydrogens is 1200 g/mol. The number of morpholine rings is 1. The number of carbonyl (C=O) groups is 2. The minimum atomic E-state index is -4.50. The van der Waals surface area contributed by atoms with Crippen LogP contribution in [0.5, 0.6) is 69.0 Å². The largest absolute Gasteiger partial charge is 1.00 e. The predicted molar refractivity (Wildman–Crippen MR) is 318 cm³/mol. The van der Waals surface area contributed by atoms with Crippen LogP contribution in [0.4, 0.5) is 0 Å². The van der Waals surface area contributed by atoms with Crippen LogP contribution in [0.1, 0.15) is 39.8 Å². The van der Waals surface area contributed by atoms with Crippen LogP contribution in [0.3, 0.4) is 0 Å². The van der Waals surface area contributed by atoms with Crippen molar-refractivity contribution in [1.29, 1.82) is 0 Å². The molecule has 23 nitrogen and oxygen atoms in total. The van der Waals surface area contributed by atoms with Gasteiger partial charge in [-0.05, 0) is 126 Å². The summed E-state index contributed by atoms with van der Waals surface area (Å²) in [4.78, 5) is 30.2. The molecule has 472 valence electrons. The Morgan fingerprint density at radius 1 is 0.500 bits per heavy atom. The van der Waals surface area contributed by atoms with Crippen molar-refractivity contribution in [3.05, 3.63) is 154 Å². The van der Waals surface area contributed by atoms with E-state index in [9.17, 15) is 22.6 Å². The monoisotopic (exact) mass is 1270 g/mol. The van der Waals surface area contributed by atoms with Gasteiger partial charge in [0.05, 0.1) is 105 Å². The number of carbonyl (C=O) groups excluding carboxylic acids is 2. The summed E-state index contributed by atoms with van der Waals surface area (Å²) in [6, 6.07) is 31.9. The molecule has 2 atom stereocenters. The van der Waals surface area contributed by atoms with Crippen molar-refractivity contribution < 1.29 is 133 Å². The Morgan fingerprint density at radius 2 is 0.900 bits per heavy atom. The average Bonchev–Trinajstić information content (AvgIpc) is 1.59. The molecule has 1 saturated heterocycles. The van der Waals surface area contributed by atoms with Gasteiger partial charge in [0.15, 0.2) is 46.0 Å². The third kappa shape index (κ3) is 14.2. The second-order valence-electron chi connectivity index (χ2n) is 20.5. The topological polar surface area (TPSA) is 251 Å². The number of nitrogens with zero attached hydrogens (tertiary/aromatic N) is 1. The Morgan fingerprint density at radius 3 is 1.28 bits per heavy atom. The number of fused-ring (bicyclic) bond motifs is 2. The molecule has 6 aromatic carbocycles. The first-order valence-corrected chi connectivity index (χ1v) is 29.8. The zero-order valence-electron chi connectivity index (χ0n) is 51.4. The van der Waals surface area contributed by atoms with Crippen molar-refractivity contribution in [2.75, 3.05) is 122 Å². The minimum absolute atomic E-state index is 0. The van der Waals surface area contributed by atoms with Gasteiger partial charge in [-0.2, -0.15) is 0 Å². The molecule has 5 aliphatic heterocycles. The van der Waals surface area contributed by atoms with Crippen LogP contribution in [-0.2, 0) is 67.8 Å². The molecular formula is C65H68NNaO22S. The fraction of sp³-hybridized carbons (Fsp3) is 0.354. The average molecular weight is 1270 g/mol. The predicted octanol–water partition coefficient (Wildman–Crippen LogP) is 5.02. The molecule has 2 unspecified atom stereocenters. The summed E-state index contributed by atoms with van der Waals surface area (Å²) in [5, 5.41) is 0. The molecule has 5 heterocycles. The Labute approximate surface area is 543 Å². The molecule has 11 rings (SSSR count). The van der Waals surface area contributed by atoms with Crippen LogP contribution in [0, 0.1) is 0 Å². The standard InChI is InChI=1S/C34H37NO10.C31H32O12S.Na/c1-37-25-8-6-24(7-9-25)34(44-16-13-35-11-14-41-15-12-35)26(17-22-18-29(38-2)32(40-4)30(19-22)39-3)31(33(36)45-34)23-5-10-27-28(20-23)43-21-42-27;1-36-22-9-7-21(8-10-22)31(42-12-5-13-44(33,34)35)23(14-19-15-26(37-2)29(39-4)27(16-19)38-3)28(30(32)43-31)20-6-11-24-25(17-20)41-18-40-24;/h5-10,18-20H,11-17,21H2,1-4H3;6-11,15-17H,5,12-14,18H2,1-4H3,(H,33,34,35);/q;;+1/p-1. The van der Waals surface area contributed by atoms with Gasteiger partial charge in [0.1, 0.15) is 11.5 Å². The van der Waals surface area contributed by atoms with Crippen LogP contribution in [0.15, 0.2) is 120 Å². The van der Waals surface area contributed by atoms with Crippen LogP contribution >= 0.6 is 0 Å². The number of esters is 2. The number of hydrogen-bond donors (Lipinski definition) is 0. The van der Waals surface area contributed by atoms with E-state index in [0.717, 1.165) is 18.7 Å². The van der Waals surface area contributed by atoms with Gasteiger partial charge in [0.2, 0.25) is 25.1 Å². The van der Waals surface area contributed by atoms with Crippen molar-refractivity contribution in [2.24, 2.45) is 0 Å². The Hall–Kier alpha value is -7.91. The van der Waals surface area contributed by atoms with Crippen molar-refractivity contribution in [1.82, 2.24) is 4.90 Å². The quantitative estimate of drug-likeness (QED) is 0.0316. The van der Waals surface area contributed by atoms with E-state index in [0.29, 0.717) is 140 Å². The number of cyclic esters (lactones) is 2. The first kappa shape index (κ1) is 66.5. The van der Waals surface area contributed by atoms with Gasteiger partial charge in [0, 0.05) is 60.5 Å². The van der Waals surface area contributed by atoms with E-state index < -0.39 is 39.4 Å². The molecule has 0 aromatic heterocycles. The molecule has 6 aromatic rings. The minimum Gasteiger partial charge on any atom is -0.748 e. The van der Waals surface area contributed by atoms with E-state index in [1.165, 1.54) is 28.4 Å². The number of hydrogen-bond acceptors (Lipinski definition) is 23. The summed E-state index contributed by atoms with van der Waals surface area (Å²) in [5.74, 6) is 0.807. The van der Waals surface area contributed by atoms with E-state index in [1.54, 1.807) is 95.2 Å². The molecule has 0 bridgehead atoms. The van der Waals surface area contributed by atoms with Crippen LogP contribution in [0.25, 0.3) is 11.1 Å². The number of benzene rings is 6. The van der Waals surface area contributed by atoms with Crippen molar-refractivity contribution in [2.45, 2.75) is 30.8 Å². The molecule has 0 spiro atoms. The third-order valence-electron chi connectivity index (χ3n) is 15.4. The van der Waals surface area contributed by atoms with Gasteiger partial charge >= 0.3 is 41.5 Å². The van der Waals surface area contributed by atoms with E-state index in [4.69, 9.17) is 80.5 Å². The van der Waals surface area contributed by atoms with E-state index in [1.807, 2.05) is 42.5 Å².